The van der Waals surface area contributed by atoms with Gasteiger partial charge in [-0.2, -0.15) is 0 Å². The van der Waals surface area contributed by atoms with Crippen molar-refractivity contribution >= 4 is 12.0 Å². The molecule has 2 saturated heterocycles. The lowest BCUT2D eigenvalue weighted by Crippen LogP contribution is -2.52. The Balaban J connectivity index is 1.77. The molecule has 0 unspecified atom stereocenters. The molecule has 1 aromatic carbocycles. The van der Waals surface area contributed by atoms with Crippen LogP contribution in [-0.2, 0) is 16.0 Å². The zero-order chi connectivity index (χ0) is 20.1. The Morgan fingerprint density at radius 2 is 1.64 bits per heavy atom. The number of hydrogen-bond donors (Lipinski definition) is 2. The largest absolute Gasteiger partial charge is 0.507 e. The van der Waals surface area contributed by atoms with Crippen LogP contribution in [0.25, 0.3) is 0 Å². The van der Waals surface area contributed by atoms with Crippen LogP contribution < -0.4 is 5.32 Å². The summed E-state index contributed by atoms with van der Waals surface area (Å²) in [7, 11) is 0. The number of carbonyl (C=O) groups excluding carboxylic acids is 2. The predicted octanol–water partition coefficient (Wildman–Crippen LogP) is 1.97. The van der Waals surface area contributed by atoms with Gasteiger partial charge >= 0.3 is 6.09 Å². The van der Waals surface area contributed by atoms with Gasteiger partial charge in [0.15, 0.2) is 6.10 Å². The molecule has 7 nitrogen and oxygen atoms in total. The Bertz CT molecular complexity index is 687. The molecule has 28 heavy (non-hydrogen) atoms. The minimum absolute atomic E-state index is 0.143. The topological polar surface area (TPSA) is 82.1 Å². The van der Waals surface area contributed by atoms with Gasteiger partial charge in [-0.1, -0.05) is 12.1 Å². The van der Waals surface area contributed by atoms with E-state index in [1.54, 1.807) is 9.80 Å². The average molecular weight is 389 g/mol. The monoisotopic (exact) mass is 389 g/mol. The van der Waals surface area contributed by atoms with Crippen molar-refractivity contribution < 1.29 is 19.4 Å². The first kappa shape index (κ1) is 20.5. The highest BCUT2D eigenvalue weighted by Gasteiger charge is 2.31. The van der Waals surface area contributed by atoms with Crippen molar-refractivity contribution in [2.75, 3.05) is 39.3 Å². The Hall–Kier alpha value is -2.28. The average Bonchev–Trinajstić information content (AvgIpc) is 2.72. The quantitative estimate of drug-likeness (QED) is 0.823. The van der Waals surface area contributed by atoms with Gasteiger partial charge < -0.3 is 25.0 Å². The number of piperazine rings is 1. The molecule has 0 bridgehead atoms. The maximum atomic E-state index is 13.1. The molecule has 1 atom stereocenters. The number of benzene rings is 1. The van der Waals surface area contributed by atoms with Gasteiger partial charge in [0.1, 0.15) is 5.75 Å². The molecule has 0 saturated carbocycles. The minimum Gasteiger partial charge on any atom is -0.507 e. The summed E-state index contributed by atoms with van der Waals surface area (Å²) in [5.41, 5.74) is 2.39. The highest BCUT2D eigenvalue weighted by atomic mass is 16.6. The summed E-state index contributed by atoms with van der Waals surface area (Å²) in [5, 5.41) is 13.3. The molecule has 7 heteroatoms. The molecule has 2 fully saturated rings. The number of rotatable bonds is 4. The van der Waals surface area contributed by atoms with E-state index in [2.05, 4.69) is 5.32 Å². The summed E-state index contributed by atoms with van der Waals surface area (Å²) in [6, 6.07) is 3.71. The number of likely N-dealkylation sites (tertiary alicyclic amines) is 1. The lowest BCUT2D eigenvalue weighted by molar-refractivity contribution is -0.141. The molecule has 0 spiro atoms. The molecule has 0 aliphatic carbocycles. The molecule has 1 aromatic rings. The Morgan fingerprint density at radius 1 is 1.04 bits per heavy atom. The van der Waals surface area contributed by atoms with Crippen molar-refractivity contribution in [3.05, 3.63) is 28.8 Å². The molecular formula is C21H31N3O4. The summed E-state index contributed by atoms with van der Waals surface area (Å²) in [6.45, 7) is 7.76. The molecule has 2 heterocycles. The Kier molecular flexibility index (Phi) is 6.78. The molecule has 2 amide bonds. The highest BCUT2D eigenvalue weighted by Crippen LogP contribution is 2.24. The van der Waals surface area contributed by atoms with E-state index in [1.807, 2.05) is 26.0 Å². The third kappa shape index (κ3) is 4.95. The van der Waals surface area contributed by atoms with Crippen LogP contribution in [0.4, 0.5) is 4.79 Å². The van der Waals surface area contributed by atoms with Crippen LogP contribution in [0.5, 0.6) is 5.75 Å². The van der Waals surface area contributed by atoms with E-state index in [0.29, 0.717) is 32.6 Å². The number of piperidine rings is 1. The van der Waals surface area contributed by atoms with E-state index < -0.39 is 12.2 Å². The van der Waals surface area contributed by atoms with E-state index in [0.717, 1.165) is 49.0 Å². The SMILES string of the molecule is Cc1cc(C[C@@H](OC(=O)N2CCCCC2)C(=O)N2CCNCC2)cc(C)c1O. The van der Waals surface area contributed by atoms with E-state index in [-0.39, 0.29) is 11.7 Å². The molecular weight excluding hydrogens is 358 g/mol. The number of phenolic OH excluding ortho intramolecular Hbond substituents is 1. The molecule has 154 valence electrons. The van der Waals surface area contributed by atoms with Crippen LogP contribution in [0, 0.1) is 13.8 Å². The zero-order valence-electron chi connectivity index (χ0n) is 16.9. The molecule has 0 aromatic heterocycles. The summed E-state index contributed by atoms with van der Waals surface area (Å²) in [5.74, 6) is 0.120. The molecule has 3 rings (SSSR count). The van der Waals surface area contributed by atoms with E-state index in [1.165, 1.54) is 0 Å². The zero-order valence-corrected chi connectivity index (χ0v) is 16.9. The van der Waals surface area contributed by atoms with Crippen molar-refractivity contribution in [2.24, 2.45) is 0 Å². The van der Waals surface area contributed by atoms with E-state index >= 15 is 0 Å². The Labute approximate surface area is 166 Å². The fourth-order valence-corrected chi connectivity index (χ4v) is 3.92. The van der Waals surface area contributed by atoms with E-state index in [9.17, 15) is 14.7 Å². The first-order valence-corrected chi connectivity index (χ1v) is 10.2. The normalized spacial score (nSPS) is 18.6. The number of aryl methyl sites for hydroxylation is 2. The number of amides is 2. The van der Waals surface area contributed by atoms with Crippen LogP contribution in [0.3, 0.4) is 0 Å². The number of nitrogens with zero attached hydrogens (tertiary/aromatic N) is 2. The van der Waals surface area contributed by atoms with Gasteiger partial charge in [-0.05, 0) is 49.8 Å². The van der Waals surface area contributed by atoms with Crippen LogP contribution in [-0.4, -0.2) is 72.3 Å². The highest BCUT2D eigenvalue weighted by molar-refractivity contribution is 5.84. The van der Waals surface area contributed by atoms with Gasteiger partial charge in [0, 0.05) is 45.7 Å². The van der Waals surface area contributed by atoms with Gasteiger partial charge in [-0.25, -0.2) is 4.79 Å². The lowest BCUT2D eigenvalue weighted by Gasteiger charge is -2.32. The summed E-state index contributed by atoms with van der Waals surface area (Å²) < 4.78 is 5.73. The Morgan fingerprint density at radius 3 is 2.25 bits per heavy atom. The number of nitrogens with one attached hydrogen (secondary N) is 1. The molecule has 2 aliphatic rings. The first-order valence-electron chi connectivity index (χ1n) is 10.2. The number of hydrogen-bond acceptors (Lipinski definition) is 5. The van der Waals surface area contributed by atoms with Gasteiger partial charge in [0.2, 0.25) is 0 Å². The second kappa shape index (κ2) is 9.28. The number of phenols is 1. The fourth-order valence-electron chi connectivity index (χ4n) is 3.92. The van der Waals surface area contributed by atoms with Crippen LogP contribution >= 0.6 is 0 Å². The van der Waals surface area contributed by atoms with Crippen molar-refractivity contribution in [2.45, 2.75) is 45.6 Å². The van der Waals surface area contributed by atoms with Crippen LogP contribution in [0.15, 0.2) is 12.1 Å². The van der Waals surface area contributed by atoms with Crippen LogP contribution in [0.2, 0.25) is 0 Å². The smallest absolute Gasteiger partial charge is 0.410 e. The van der Waals surface area contributed by atoms with Gasteiger partial charge in [0.05, 0.1) is 0 Å². The number of carbonyl (C=O) groups is 2. The van der Waals surface area contributed by atoms with Crippen LogP contribution in [0.1, 0.15) is 36.0 Å². The van der Waals surface area contributed by atoms with Gasteiger partial charge in [-0.15, -0.1) is 0 Å². The molecule has 2 aliphatic heterocycles. The number of aromatic hydroxyl groups is 1. The third-order valence-corrected chi connectivity index (χ3v) is 5.53. The second-order valence-corrected chi connectivity index (χ2v) is 7.78. The van der Waals surface area contributed by atoms with Crippen molar-refractivity contribution in [3.63, 3.8) is 0 Å². The minimum atomic E-state index is -0.851. The standard InChI is InChI=1S/C21H31N3O4/c1-15-12-17(13-16(2)19(15)25)14-18(20(26)23-10-6-22-7-11-23)28-21(27)24-8-4-3-5-9-24/h12-13,18,22,25H,3-11,14H2,1-2H3/t18-/m1/s1. The predicted molar refractivity (Wildman–Crippen MR) is 106 cm³/mol. The maximum Gasteiger partial charge on any atom is 0.410 e. The third-order valence-electron chi connectivity index (χ3n) is 5.53. The molecule has 2 N–H and O–H groups in total. The summed E-state index contributed by atoms with van der Waals surface area (Å²) in [6.07, 6.45) is 2.13. The molecule has 0 radical (unpaired) electrons. The van der Waals surface area contributed by atoms with Crippen molar-refractivity contribution in [3.8, 4) is 5.75 Å². The maximum absolute atomic E-state index is 13.1. The first-order chi connectivity index (χ1) is 13.5. The lowest BCUT2D eigenvalue weighted by atomic mass is 10.0. The van der Waals surface area contributed by atoms with Gasteiger partial charge in [0.25, 0.3) is 5.91 Å². The van der Waals surface area contributed by atoms with E-state index in [4.69, 9.17) is 4.74 Å². The van der Waals surface area contributed by atoms with Crippen molar-refractivity contribution in [1.29, 1.82) is 0 Å². The second-order valence-electron chi connectivity index (χ2n) is 7.78. The van der Waals surface area contributed by atoms with Gasteiger partial charge in [-0.3, -0.25) is 4.79 Å². The fraction of sp³-hybridized carbons (Fsp3) is 0.619. The number of ether oxygens (including phenoxy) is 1. The summed E-state index contributed by atoms with van der Waals surface area (Å²) >= 11 is 0. The summed E-state index contributed by atoms with van der Waals surface area (Å²) in [4.78, 5) is 29.2. The van der Waals surface area contributed by atoms with Crippen molar-refractivity contribution in [1.82, 2.24) is 15.1 Å².